The molecule has 3 nitrogen and oxygen atoms in total. The molecule has 0 radical (unpaired) electrons. The minimum absolute atomic E-state index is 0.0257. The molecule has 80 valence electrons. The summed E-state index contributed by atoms with van der Waals surface area (Å²) in [6.07, 6.45) is 1.89. The van der Waals surface area contributed by atoms with Crippen molar-refractivity contribution in [2.75, 3.05) is 13.1 Å². The number of rotatable bonds is 3. The third-order valence-corrected chi connectivity index (χ3v) is 2.91. The lowest BCUT2D eigenvalue weighted by molar-refractivity contribution is -0.123. The van der Waals surface area contributed by atoms with Crippen LogP contribution in [-0.4, -0.2) is 29.9 Å². The van der Waals surface area contributed by atoms with E-state index in [1.165, 1.54) is 0 Å². The fourth-order valence-corrected chi connectivity index (χ4v) is 2.01. The molecule has 1 fully saturated rings. The van der Waals surface area contributed by atoms with Gasteiger partial charge in [0.05, 0.1) is 5.92 Å². The van der Waals surface area contributed by atoms with Gasteiger partial charge >= 0.3 is 0 Å². The summed E-state index contributed by atoms with van der Waals surface area (Å²) in [6, 6.07) is 0.459. The average Bonchev–Trinajstić information content (AvgIpc) is 2.07. The number of carbonyl (C=O) groups is 1. The first-order valence-corrected chi connectivity index (χ1v) is 5.25. The zero-order valence-corrected chi connectivity index (χ0v) is 9.26. The molecule has 1 saturated heterocycles. The van der Waals surface area contributed by atoms with E-state index in [2.05, 4.69) is 18.4 Å². The van der Waals surface area contributed by atoms with Crippen LogP contribution < -0.4 is 5.73 Å². The summed E-state index contributed by atoms with van der Waals surface area (Å²) in [6.45, 7) is 7.15. The van der Waals surface area contributed by atoms with Gasteiger partial charge in [-0.3, -0.25) is 9.69 Å². The first kappa shape index (κ1) is 11.5. The van der Waals surface area contributed by atoms with Crippen LogP contribution in [-0.2, 0) is 4.79 Å². The highest BCUT2D eigenvalue weighted by Gasteiger charge is 2.28. The summed E-state index contributed by atoms with van der Waals surface area (Å²) in [5.74, 6) is -0.232. The van der Waals surface area contributed by atoms with Gasteiger partial charge in [-0.05, 0) is 19.8 Å². The highest BCUT2D eigenvalue weighted by molar-refractivity contribution is 6.29. The Labute approximate surface area is 89.9 Å². The van der Waals surface area contributed by atoms with Crippen molar-refractivity contribution in [3.8, 4) is 0 Å². The predicted octanol–water partition coefficient (Wildman–Crippen LogP) is 1.32. The lowest BCUT2D eigenvalue weighted by Gasteiger charge is -2.36. The molecule has 0 bridgehead atoms. The van der Waals surface area contributed by atoms with Crippen molar-refractivity contribution in [2.24, 2.45) is 11.7 Å². The SMILES string of the molecule is C=C(Cl)CN1C[C@H](C(N)=O)CC[C@H]1C. The summed E-state index contributed by atoms with van der Waals surface area (Å²) < 4.78 is 0. The second-order valence-corrected chi connectivity index (χ2v) is 4.51. The first-order chi connectivity index (χ1) is 6.50. The number of primary amides is 1. The molecule has 0 aromatic carbocycles. The van der Waals surface area contributed by atoms with Crippen molar-refractivity contribution in [2.45, 2.75) is 25.8 Å². The molecule has 1 heterocycles. The Morgan fingerprint density at radius 3 is 2.79 bits per heavy atom. The van der Waals surface area contributed by atoms with E-state index in [-0.39, 0.29) is 11.8 Å². The summed E-state index contributed by atoms with van der Waals surface area (Å²) in [5.41, 5.74) is 5.28. The summed E-state index contributed by atoms with van der Waals surface area (Å²) in [4.78, 5) is 13.2. The van der Waals surface area contributed by atoms with Crippen LogP contribution in [0.25, 0.3) is 0 Å². The minimum Gasteiger partial charge on any atom is -0.369 e. The quantitative estimate of drug-likeness (QED) is 0.774. The molecule has 0 unspecified atom stereocenters. The van der Waals surface area contributed by atoms with E-state index in [9.17, 15) is 4.79 Å². The van der Waals surface area contributed by atoms with Crippen molar-refractivity contribution in [1.82, 2.24) is 4.90 Å². The maximum absolute atomic E-state index is 11.0. The van der Waals surface area contributed by atoms with E-state index < -0.39 is 0 Å². The highest BCUT2D eigenvalue weighted by atomic mass is 35.5. The van der Waals surface area contributed by atoms with E-state index in [0.717, 1.165) is 12.8 Å². The highest BCUT2D eigenvalue weighted by Crippen LogP contribution is 2.22. The van der Waals surface area contributed by atoms with Crippen LogP contribution in [0.5, 0.6) is 0 Å². The van der Waals surface area contributed by atoms with Crippen molar-refractivity contribution in [1.29, 1.82) is 0 Å². The van der Waals surface area contributed by atoms with Crippen LogP contribution in [0, 0.1) is 5.92 Å². The Morgan fingerprint density at radius 1 is 1.64 bits per heavy atom. The normalized spacial score (nSPS) is 28.7. The first-order valence-electron chi connectivity index (χ1n) is 4.87. The lowest BCUT2D eigenvalue weighted by Crippen LogP contribution is -2.46. The number of likely N-dealkylation sites (tertiary alicyclic amines) is 1. The van der Waals surface area contributed by atoms with Crippen LogP contribution in [0.4, 0.5) is 0 Å². The Kier molecular flexibility index (Phi) is 3.96. The van der Waals surface area contributed by atoms with Gasteiger partial charge in [0.25, 0.3) is 0 Å². The molecule has 0 aliphatic carbocycles. The van der Waals surface area contributed by atoms with E-state index in [4.69, 9.17) is 17.3 Å². The maximum atomic E-state index is 11.0. The van der Waals surface area contributed by atoms with Crippen LogP contribution in [0.15, 0.2) is 11.6 Å². The number of nitrogens with zero attached hydrogens (tertiary/aromatic N) is 1. The van der Waals surface area contributed by atoms with Gasteiger partial charge in [-0.25, -0.2) is 0 Å². The van der Waals surface area contributed by atoms with Gasteiger partial charge in [0.2, 0.25) is 5.91 Å². The summed E-state index contributed by atoms with van der Waals surface area (Å²) in [5, 5.41) is 0.613. The van der Waals surface area contributed by atoms with Crippen LogP contribution in [0.1, 0.15) is 19.8 Å². The van der Waals surface area contributed by atoms with E-state index in [1.807, 2.05) is 0 Å². The smallest absolute Gasteiger partial charge is 0.221 e. The number of piperidine rings is 1. The molecule has 1 aliphatic heterocycles. The zero-order chi connectivity index (χ0) is 10.7. The zero-order valence-electron chi connectivity index (χ0n) is 8.50. The molecular weight excluding hydrogens is 200 g/mol. The molecule has 2 atom stereocenters. The number of amides is 1. The number of carbonyl (C=O) groups excluding carboxylic acids is 1. The van der Waals surface area contributed by atoms with Gasteiger partial charge in [-0.15, -0.1) is 0 Å². The summed E-state index contributed by atoms with van der Waals surface area (Å²) in [7, 11) is 0. The molecule has 14 heavy (non-hydrogen) atoms. The van der Waals surface area contributed by atoms with Crippen molar-refractivity contribution >= 4 is 17.5 Å². The van der Waals surface area contributed by atoms with Crippen LogP contribution in [0.2, 0.25) is 0 Å². The molecule has 2 N–H and O–H groups in total. The molecule has 0 saturated carbocycles. The molecule has 1 rings (SSSR count). The van der Waals surface area contributed by atoms with Gasteiger partial charge in [0.15, 0.2) is 0 Å². The molecule has 4 heteroatoms. The van der Waals surface area contributed by atoms with Crippen molar-refractivity contribution in [3.05, 3.63) is 11.6 Å². The molecule has 1 aliphatic rings. The van der Waals surface area contributed by atoms with Gasteiger partial charge in [0.1, 0.15) is 0 Å². The number of hydrogen-bond donors (Lipinski definition) is 1. The molecule has 0 aromatic heterocycles. The fourth-order valence-electron chi connectivity index (χ4n) is 1.85. The monoisotopic (exact) mass is 216 g/mol. The third kappa shape index (κ3) is 3.00. The third-order valence-electron chi connectivity index (χ3n) is 2.79. The Balaban J connectivity index is 2.55. The predicted molar refractivity (Wildman–Crippen MR) is 57.9 cm³/mol. The van der Waals surface area contributed by atoms with Gasteiger partial charge in [-0.1, -0.05) is 18.2 Å². The molecule has 0 aromatic rings. The van der Waals surface area contributed by atoms with Crippen LogP contribution >= 0.6 is 11.6 Å². The maximum Gasteiger partial charge on any atom is 0.221 e. The standard InChI is InChI=1S/C10H17ClN2O/c1-7(11)5-13-6-9(10(12)14)4-3-8(13)2/h8-9H,1,3-6H2,2H3,(H2,12,14)/t8-,9-/m1/s1. The Morgan fingerprint density at radius 2 is 2.29 bits per heavy atom. The molecule has 1 amide bonds. The number of nitrogens with two attached hydrogens (primary N) is 1. The van der Waals surface area contributed by atoms with E-state index >= 15 is 0 Å². The minimum atomic E-state index is -0.206. The Hall–Kier alpha value is -0.540. The van der Waals surface area contributed by atoms with Gasteiger partial charge in [0, 0.05) is 24.2 Å². The van der Waals surface area contributed by atoms with Crippen LogP contribution in [0.3, 0.4) is 0 Å². The molecular formula is C10H17ClN2O. The fraction of sp³-hybridized carbons (Fsp3) is 0.700. The van der Waals surface area contributed by atoms with E-state index in [0.29, 0.717) is 24.2 Å². The second kappa shape index (κ2) is 4.80. The Bertz CT molecular complexity index is 242. The molecule has 0 spiro atoms. The van der Waals surface area contributed by atoms with E-state index in [1.54, 1.807) is 0 Å². The summed E-state index contributed by atoms with van der Waals surface area (Å²) >= 11 is 5.75. The largest absolute Gasteiger partial charge is 0.369 e. The average molecular weight is 217 g/mol. The van der Waals surface area contributed by atoms with Gasteiger partial charge < -0.3 is 5.73 Å². The van der Waals surface area contributed by atoms with Crippen molar-refractivity contribution in [3.63, 3.8) is 0 Å². The van der Waals surface area contributed by atoms with Gasteiger partial charge in [-0.2, -0.15) is 0 Å². The van der Waals surface area contributed by atoms with Crippen molar-refractivity contribution < 1.29 is 4.79 Å². The number of hydrogen-bond acceptors (Lipinski definition) is 2. The number of halogens is 1. The topological polar surface area (TPSA) is 46.3 Å². The lowest BCUT2D eigenvalue weighted by atomic mass is 9.93. The second-order valence-electron chi connectivity index (χ2n) is 3.97.